The Balaban J connectivity index is 1.83. The van der Waals surface area contributed by atoms with Gasteiger partial charge in [0, 0.05) is 12.8 Å². The van der Waals surface area contributed by atoms with Crippen LogP contribution in [0, 0.1) is 0 Å². The highest BCUT2D eigenvalue weighted by atomic mass is 16.5. The van der Waals surface area contributed by atoms with E-state index in [0.717, 1.165) is 30.4 Å². The number of aryl methyl sites for hydroxylation is 1. The summed E-state index contributed by atoms with van der Waals surface area (Å²) in [5, 5.41) is 9.96. The van der Waals surface area contributed by atoms with Crippen molar-refractivity contribution in [2.24, 2.45) is 0 Å². The molecule has 0 fully saturated rings. The van der Waals surface area contributed by atoms with Gasteiger partial charge in [0.1, 0.15) is 12.4 Å². The number of hydrogen-bond donors (Lipinski definition) is 1. The predicted molar refractivity (Wildman–Crippen MR) is 112 cm³/mol. The number of ketones is 1. The minimum Gasteiger partial charge on any atom is -0.493 e. The van der Waals surface area contributed by atoms with Crippen LogP contribution in [0.2, 0.25) is 0 Å². The van der Waals surface area contributed by atoms with Crippen LogP contribution in [0.5, 0.6) is 11.5 Å². The number of carbonyl (C=O) groups is 1. The fourth-order valence-electron chi connectivity index (χ4n) is 3.10. The number of aliphatic hydroxyl groups excluding tert-OH is 1. The number of aliphatic hydroxyl groups is 1. The van der Waals surface area contributed by atoms with Gasteiger partial charge in [-0.15, -0.1) is 0 Å². The SMILES string of the molecule is CCCCC[C@H](O)CC(=O)CCc1ccc(OCc2ccccc2)c(OC)c1. The molecule has 152 valence electrons. The van der Waals surface area contributed by atoms with Gasteiger partial charge in [0.05, 0.1) is 13.2 Å². The molecule has 28 heavy (non-hydrogen) atoms. The quantitative estimate of drug-likeness (QED) is 0.488. The Morgan fingerprint density at radius 1 is 1.04 bits per heavy atom. The van der Waals surface area contributed by atoms with E-state index in [0.29, 0.717) is 37.4 Å². The summed E-state index contributed by atoms with van der Waals surface area (Å²) in [4.78, 5) is 12.1. The van der Waals surface area contributed by atoms with E-state index in [1.165, 1.54) is 0 Å². The van der Waals surface area contributed by atoms with Crippen LogP contribution in [0.25, 0.3) is 0 Å². The molecule has 4 heteroatoms. The fourth-order valence-corrected chi connectivity index (χ4v) is 3.10. The summed E-state index contributed by atoms with van der Waals surface area (Å²) in [6, 6.07) is 15.8. The van der Waals surface area contributed by atoms with E-state index in [-0.39, 0.29) is 12.2 Å². The van der Waals surface area contributed by atoms with Crippen molar-refractivity contribution in [1.82, 2.24) is 0 Å². The fraction of sp³-hybridized carbons (Fsp3) is 0.458. The van der Waals surface area contributed by atoms with Crippen molar-refractivity contribution < 1.29 is 19.4 Å². The molecule has 1 N–H and O–H groups in total. The van der Waals surface area contributed by atoms with Gasteiger partial charge < -0.3 is 14.6 Å². The molecule has 0 aliphatic carbocycles. The van der Waals surface area contributed by atoms with Gasteiger partial charge in [-0.2, -0.15) is 0 Å². The summed E-state index contributed by atoms with van der Waals surface area (Å²) in [5.41, 5.74) is 2.12. The van der Waals surface area contributed by atoms with Gasteiger partial charge in [0.15, 0.2) is 11.5 Å². The minimum atomic E-state index is -0.512. The molecular formula is C24H32O4. The Kier molecular flexibility index (Phi) is 9.56. The van der Waals surface area contributed by atoms with Crippen LogP contribution in [0.3, 0.4) is 0 Å². The van der Waals surface area contributed by atoms with Crippen molar-refractivity contribution in [2.45, 2.75) is 64.6 Å². The average Bonchev–Trinajstić information content (AvgIpc) is 2.72. The molecule has 0 unspecified atom stereocenters. The molecule has 1 atom stereocenters. The standard InChI is InChI=1S/C24H32O4/c1-3-4-6-11-21(25)17-22(26)14-12-19-13-15-23(24(16-19)27-2)28-18-20-9-7-5-8-10-20/h5,7-10,13,15-16,21,25H,3-4,6,11-12,14,17-18H2,1-2H3/t21-/m0/s1. The van der Waals surface area contributed by atoms with Crippen molar-refractivity contribution in [3.63, 3.8) is 0 Å². The molecule has 0 heterocycles. The zero-order chi connectivity index (χ0) is 20.2. The van der Waals surface area contributed by atoms with Crippen molar-refractivity contribution >= 4 is 5.78 Å². The lowest BCUT2D eigenvalue weighted by molar-refractivity contribution is -0.121. The second-order valence-electron chi connectivity index (χ2n) is 7.15. The van der Waals surface area contributed by atoms with Crippen LogP contribution in [0.1, 0.15) is 56.6 Å². The smallest absolute Gasteiger partial charge is 0.161 e. The Bertz CT molecular complexity index is 712. The maximum Gasteiger partial charge on any atom is 0.161 e. The van der Waals surface area contributed by atoms with Gasteiger partial charge in [-0.3, -0.25) is 4.79 Å². The number of benzene rings is 2. The maximum absolute atomic E-state index is 12.1. The van der Waals surface area contributed by atoms with E-state index in [2.05, 4.69) is 6.92 Å². The summed E-state index contributed by atoms with van der Waals surface area (Å²) >= 11 is 0. The third-order valence-electron chi connectivity index (χ3n) is 4.76. The summed E-state index contributed by atoms with van der Waals surface area (Å²) in [7, 11) is 1.62. The minimum absolute atomic E-state index is 0.104. The molecule has 0 amide bonds. The molecule has 0 bridgehead atoms. The lowest BCUT2D eigenvalue weighted by Crippen LogP contribution is -2.13. The van der Waals surface area contributed by atoms with Crippen molar-refractivity contribution in [1.29, 1.82) is 0 Å². The number of methoxy groups -OCH3 is 1. The molecule has 0 aliphatic rings. The van der Waals surface area contributed by atoms with Crippen LogP contribution in [-0.2, 0) is 17.8 Å². The maximum atomic E-state index is 12.1. The Labute approximate surface area is 168 Å². The molecule has 0 saturated carbocycles. The van der Waals surface area contributed by atoms with E-state index in [9.17, 15) is 9.90 Å². The first-order valence-electron chi connectivity index (χ1n) is 10.2. The number of ether oxygens (including phenoxy) is 2. The van der Waals surface area contributed by atoms with Gasteiger partial charge in [0.2, 0.25) is 0 Å². The summed E-state index contributed by atoms with van der Waals surface area (Å²) < 4.78 is 11.3. The van der Waals surface area contributed by atoms with Crippen LogP contribution in [-0.4, -0.2) is 24.1 Å². The van der Waals surface area contributed by atoms with Crippen molar-refractivity contribution in [3.05, 3.63) is 59.7 Å². The predicted octanol–water partition coefficient (Wildman–Crippen LogP) is 5.11. The normalized spacial score (nSPS) is 11.8. The number of rotatable bonds is 13. The summed E-state index contributed by atoms with van der Waals surface area (Å²) in [6.07, 6.45) is 4.71. The van der Waals surface area contributed by atoms with Crippen LogP contribution < -0.4 is 9.47 Å². The number of unbranched alkanes of at least 4 members (excludes halogenated alkanes) is 2. The van der Waals surface area contributed by atoms with E-state index in [4.69, 9.17) is 9.47 Å². The second-order valence-corrected chi connectivity index (χ2v) is 7.15. The first-order valence-corrected chi connectivity index (χ1v) is 10.2. The largest absolute Gasteiger partial charge is 0.493 e. The zero-order valence-corrected chi connectivity index (χ0v) is 17.0. The van der Waals surface area contributed by atoms with Gasteiger partial charge >= 0.3 is 0 Å². The molecule has 2 aromatic rings. The third kappa shape index (κ3) is 7.73. The Hall–Kier alpha value is -2.33. The van der Waals surface area contributed by atoms with Crippen molar-refractivity contribution in [3.8, 4) is 11.5 Å². The number of Topliss-reactive ketones (excluding diaryl/α,β-unsaturated/α-hetero) is 1. The molecule has 0 aromatic heterocycles. The molecule has 0 spiro atoms. The van der Waals surface area contributed by atoms with Gasteiger partial charge in [-0.1, -0.05) is 62.6 Å². The lowest BCUT2D eigenvalue weighted by atomic mass is 10.0. The molecule has 0 saturated heterocycles. The molecule has 2 rings (SSSR count). The average molecular weight is 385 g/mol. The van der Waals surface area contributed by atoms with E-state index in [1.54, 1.807) is 7.11 Å². The van der Waals surface area contributed by atoms with Gasteiger partial charge in [0.25, 0.3) is 0 Å². The topological polar surface area (TPSA) is 55.8 Å². The van der Waals surface area contributed by atoms with Crippen molar-refractivity contribution in [2.75, 3.05) is 7.11 Å². The van der Waals surface area contributed by atoms with Gasteiger partial charge in [-0.05, 0) is 36.1 Å². The molecular weight excluding hydrogens is 352 g/mol. The van der Waals surface area contributed by atoms with E-state index in [1.807, 2.05) is 48.5 Å². The summed E-state index contributed by atoms with van der Waals surface area (Å²) in [6.45, 7) is 2.61. The van der Waals surface area contributed by atoms with Gasteiger partial charge in [-0.25, -0.2) is 0 Å². The molecule has 4 nitrogen and oxygen atoms in total. The summed E-state index contributed by atoms with van der Waals surface area (Å²) in [5.74, 6) is 1.46. The highest BCUT2D eigenvalue weighted by molar-refractivity contribution is 5.79. The highest BCUT2D eigenvalue weighted by Gasteiger charge is 2.12. The number of carbonyl (C=O) groups excluding carboxylic acids is 1. The monoisotopic (exact) mass is 384 g/mol. The van der Waals surface area contributed by atoms with Crippen LogP contribution in [0.15, 0.2) is 48.5 Å². The highest BCUT2D eigenvalue weighted by Crippen LogP contribution is 2.29. The number of hydrogen-bond acceptors (Lipinski definition) is 4. The third-order valence-corrected chi connectivity index (χ3v) is 4.76. The first kappa shape index (κ1) is 22.0. The zero-order valence-electron chi connectivity index (χ0n) is 17.0. The van der Waals surface area contributed by atoms with Crippen LogP contribution in [0.4, 0.5) is 0 Å². The second kappa shape index (κ2) is 12.2. The Morgan fingerprint density at radius 2 is 1.82 bits per heavy atom. The Morgan fingerprint density at radius 3 is 2.54 bits per heavy atom. The first-order chi connectivity index (χ1) is 13.6. The molecule has 0 aliphatic heterocycles. The molecule has 2 aromatic carbocycles. The van der Waals surface area contributed by atoms with Crippen LogP contribution >= 0.6 is 0 Å². The lowest BCUT2D eigenvalue weighted by Gasteiger charge is -2.13. The van der Waals surface area contributed by atoms with E-state index >= 15 is 0 Å². The molecule has 0 radical (unpaired) electrons. The van der Waals surface area contributed by atoms with E-state index < -0.39 is 6.10 Å².